The number of carbonyl (C=O) groups excluding carboxylic acids is 2. The number of amides is 2. The van der Waals surface area contributed by atoms with Gasteiger partial charge in [0.1, 0.15) is 0 Å². The van der Waals surface area contributed by atoms with Crippen LogP contribution in [0.25, 0.3) is 0 Å². The molecule has 0 radical (unpaired) electrons. The van der Waals surface area contributed by atoms with Gasteiger partial charge in [-0.05, 0) is 39.2 Å². The minimum absolute atomic E-state index is 0.173. The minimum atomic E-state index is -0.239. The number of nitrogens with zero attached hydrogens (tertiary/aromatic N) is 2. The van der Waals surface area contributed by atoms with Crippen molar-refractivity contribution in [3.8, 4) is 0 Å². The molecule has 2 amide bonds. The van der Waals surface area contributed by atoms with Crippen molar-refractivity contribution in [2.45, 2.75) is 13.0 Å². The van der Waals surface area contributed by atoms with E-state index in [9.17, 15) is 9.59 Å². The lowest BCUT2D eigenvalue weighted by atomic mass is 9.98. The fraction of sp³-hybridized carbons (Fsp3) is 0.133. The van der Waals surface area contributed by atoms with Crippen LogP contribution in [0.3, 0.4) is 0 Å². The lowest BCUT2D eigenvalue weighted by Gasteiger charge is -2.26. The Morgan fingerprint density at radius 3 is 2.80 bits per heavy atom. The molecule has 1 aliphatic rings. The molecular formula is C15H11BrN2O2. The maximum absolute atomic E-state index is 12.4. The average Bonchev–Trinajstić information content (AvgIpc) is 2.43. The molecular weight excluding hydrogens is 320 g/mol. The number of benzene rings is 1. The van der Waals surface area contributed by atoms with E-state index in [-0.39, 0.29) is 24.8 Å². The number of pyridine rings is 1. The first-order valence-corrected chi connectivity index (χ1v) is 6.96. The average molecular weight is 331 g/mol. The number of hydrogen-bond acceptors (Lipinski definition) is 3. The number of hydrogen-bond donors (Lipinski definition) is 0. The summed E-state index contributed by atoms with van der Waals surface area (Å²) in [5, 5.41) is 0. The van der Waals surface area contributed by atoms with Gasteiger partial charge in [-0.25, -0.2) is 0 Å². The Bertz CT molecular complexity index is 700. The summed E-state index contributed by atoms with van der Waals surface area (Å²) in [5.41, 5.74) is 2.22. The molecule has 0 aliphatic carbocycles. The van der Waals surface area contributed by atoms with Crippen molar-refractivity contribution in [3.05, 3.63) is 63.9 Å². The quantitative estimate of drug-likeness (QED) is 0.795. The van der Waals surface area contributed by atoms with E-state index in [1.54, 1.807) is 18.5 Å². The van der Waals surface area contributed by atoms with Crippen molar-refractivity contribution < 1.29 is 9.59 Å². The number of fused-ring (bicyclic) bond motifs is 1. The summed E-state index contributed by atoms with van der Waals surface area (Å²) < 4.78 is 0.826. The zero-order valence-corrected chi connectivity index (χ0v) is 12.1. The van der Waals surface area contributed by atoms with E-state index in [1.165, 1.54) is 4.90 Å². The van der Waals surface area contributed by atoms with Crippen LogP contribution in [0.5, 0.6) is 0 Å². The molecule has 100 valence electrons. The summed E-state index contributed by atoms with van der Waals surface area (Å²) in [4.78, 5) is 29.9. The van der Waals surface area contributed by atoms with E-state index in [0.29, 0.717) is 5.56 Å². The van der Waals surface area contributed by atoms with Crippen LogP contribution in [-0.2, 0) is 17.8 Å². The molecule has 20 heavy (non-hydrogen) atoms. The fourth-order valence-corrected chi connectivity index (χ4v) is 2.70. The van der Waals surface area contributed by atoms with Gasteiger partial charge in [-0.1, -0.05) is 18.2 Å². The molecule has 0 N–H and O–H groups in total. The zero-order valence-electron chi connectivity index (χ0n) is 10.5. The molecule has 1 aromatic heterocycles. The van der Waals surface area contributed by atoms with Crippen molar-refractivity contribution in [2.75, 3.05) is 0 Å². The highest BCUT2D eigenvalue weighted by atomic mass is 79.9. The summed E-state index contributed by atoms with van der Waals surface area (Å²) in [5.74, 6) is -0.412. The van der Waals surface area contributed by atoms with Gasteiger partial charge < -0.3 is 0 Å². The number of halogens is 1. The zero-order chi connectivity index (χ0) is 14.1. The number of rotatable bonds is 2. The van der Waals surface area contributed by atoms with E-state index >= 15 is 0 Å². The smallest absolute Gasteiger partial charge is 0.261 e. The highest BCUT2D eigenvalue weighted by Gasteiger charge is 2.30. The second-order valence-corrected chi connectivity index (χ2v) is 5.55. The first-order chi connectivity index (χ1) is 9.65. The molecule has 0 unspecified atom stereocenters. The van der Waals surface area contributed by atoms with Crippen molar-refractivity contribution in [1.82, 2.24) is 9.88 Å². The van der Waals surface area contributed by atoms with Gasteiger partial charge in [-0.2, -0.15) is 0 Å². The first kappa shape index (κ1) is 13.0. The Labute approximate surface area is 124 Å². The fourth-order valence-electron chi connectivity index (χ4n) is 2.28. The van der Waals surface area contributed by atoms with Crippen molar-refractivity contribution in [1.29, 1.82) is 0 Å². The third kappa shape index (κ3) is 2.36. The lowest BCUT2D eigenvalue weighted by Crippen LogP contribution is -2.41. The third-order valence-electron chi connectivity index (χ3n) is 3.24. The molecule has 2 aromatic rings. The summed E-state index contributed by atoms with van der Waals surface area (Å²) in [6.07, 6.45) is 3.59. The largest absolute Gasteiger partial charge is 0.274 e. The summed E-state index contributed by atoms with van der Waals surface area (Å²) in [6.45, 7) is 0.248. The number of imide groups is 1. The SMILES string of the molecule is O=C1Cc2ccccc2C(=O)N1Cc1cncc(Br)c1. The van der Waals surface area contributed by atoms with Crippen LogP contribution in [0.2, 0.25) is 0 Å². The first-order valence-electron chi connectivity index (χ1n) is 6.17. The highest BCUT2D eigenvalue weighted by Crippen LogP contribution is 2.21. The second kappa shape index (κ2) is 5.17. The van der Waals surface area contributed by atoms with Crippen LogP contribution in [0, 0.1) is 0 Å². The molecule has 4 nitrogen and oxygen atoms in total. The van der Waals surface area contributed by atoms with Crippen LogP contribution in [0.4, 0.5) is 0 Å². The maximum Gasteiger partial charge on any atom is 0.261 e. The molecule has 2 heterocycles. The summed E-state index contributed by atoms with van der Waals surface area (Å²) in [6, 6.07) is 9.09. The van der Waals surface area contributed by atoms with E-state index in [1.807, 2.05) is 24.3 Å². The molecule has 5 heteroatoms. The van der Waals surface area contributed by atoms with Gasteiger partial charge in [-0.15, -0.1) is 0 Å². The molecule has 0 bridgehead atoms. The van der Waals surface area contributed by atoms with E-state index in [0.717, 1.165) is 15.6 Å². The standard InChI is InChI=1S/C15H11BrN2O2/c16-12-5-10(7-17-8-12)9-18-14(19)6-11-3-1-2-4-13(11)15(18)20/h1-5,7-8H,6,9H2. The normalized spacial score (nSPS) is 14.3. The predicted octanol–water partition coefficient (Wildman–Crippen LogP) is 2.57. The molecule has 0 saturated carbocycles. The third-order valence-corrected chi connectivity index (χ3v) is 3.67. The Balaban J connectivity index is 1.91. The molecule has 0 fully saturated rings. The van der Waals surface area contributed by atoms with Gasteiger partial charge in [0.15, 0.2) is 0 Å². The van der Waals surface area contributed by atoms with Crippen molar-refractivity contribution in [3.63, 3.8) is 0 Å². The molecule has 1 aromatic carbocycles. The van der Waals surface area contributed by atoms with Gasteiger partial charge in [0.25, 0.3) is 5.91 Å². The predicted molar refractivity (Wildman–Crippen MR) is 77.0 cm³/mol. The Kier molecular flexibility index (Phi) is 3.36. The Morgan fingerprint density at radius 2 is 2.00 bits per heavy atom. The highest BCUT2D eigenvalue weighted by molar-refractivity contribution is 9.10. The maximum atomic E-state index is 12.4. The summed E-state index contributed by atoms with van der Waals surface area (Å²) >= 11 is 3.33. The van der Waals surface area contributed by atoms with Crippen molar-refractivity contribution in [2.24, 2.45) is 0 Å². The van der Waals surface area contributed by atoms with Gasteiger partial charge in [0.05, 0.1) is 13.0 Å². The number of aromatic nitrogens is 1. The van der Waals surface area contributed by atoms with Crippen LogP contribution in [0.1, 0.15) is 21.5 Å². The molecule has 3 rings (SSSR count). The van der Waals surface area contributed by atoms with Gasteiger partial charge in [-0.3, -0.25) is 19.5 Å². The van der Waals surface area contributed by atoms with E-state index in [2.05, 4.69) is 20.9 Å². The van der Waals surface area contributed by atoms with Gasteiger partial charge >= 0.3 is 0 Å². The van der Waals surface area contributed by atoms with Crippen LogP contribution < -0.4 is 0 Å². The van der Waals surface area contributed by atoms with Crippen molar-refractivity contribution >= 4 is 27.7 Å². The van der Waals surface area contributed by atoms with E-state index < -0.39 is 0 Å². The lowest BCUT2D eigenvalue weighted by molar-refractivity contribution is -0.128. The number of carbonyl (C=O) groups is 2. The minimum Gasteiger partial charge on any atom is -0.274 e. The monoisotopic (exact) mass is 330 g/mol. The summed E-state index contributed by atoms with van der Waals surface area (Å²) in [7, 11) is 0. The van der Waals surface area contributed by atoms with Gasteiger partial charge in [0.2, 0.25) is 5.91 Å². The van der Waals surface area contributed by atoms with Crippen LogP contribution >= 0.6 is 15.9 Å². The van der Waals surface area contributed by atoms with Gasteiger partial charge in [0, 0.05) is 22.4 Å². The topological polar surface area (TPSA) is 50.3 Å². The van der Waals surface area contributed by atoms with E-state index in [4.69, 9.17) is 0 Å². The van der Waals surface area contributed by atoms with Crippen LogP contribution in [0.15, 0.2) is 47.2 Å². The molecule has 0 saturated heterocycles. The molecule has 1 aliphatic heterocycles. The Hall–Kier alpha value is -2.01. The Morgan fingerprint density at radius 1 is 1.20 bits per heavy atom. The van der Waals surface area contributed by atoms with Crippen LogP contribution in [-0.4, -0.2) is 21.7 Å². The second-order valence-electron chi connectivity index (χ2n) is 4.63. The molecule has 0 atom stereocenters. The molecule has 0 spiro atoms.